The molecule has 0 bridgehead atoms. The third kappa shape index (κ3) is 4.78. The van der Waals surface area contributed by atoms with E-state index in [1.807, 2.05) is 23.5 Å². The Morgan fingerprint density at radius 3 is 1.83 bits per heavy atom. The Labute approximate surface area is 277 Å². The fraction of sp³-hybridized carbons (Fsp3) is 0. The zero-order valence-corrected chi connectivity index (χ0v) is 26.3. The molecule has 0 aliphatic carbocycles. The second-order valence-corrected chi connectivity index (χ2v) is 12.7. The molecule has 47 heavy (non-hydrogen) atoms. The van der Waals surface area contributed by atoms with Crippen molar-refractivity contribution in [2.24, 2.45) is 0 Å². The molecule has 0 fully saturated rings. The molecule has 0 aliphatic rings. The molecule has 4 heteroatoms. The first kappa shape index (κ1) is 27.3. The number of benzene rings is 7. The van der Waals surface area contributed by atoms with Crippen LogP contribution < -0.4 is 4.90 Å². The highest BCUT2D eigenvalue weighted by Gasteiger charge is 2.17. The summed E-state index contributed by atoms with van der Waals surface area (Å²) in [6.45, 7) is 0. The lowest BCUT2D eigenvalue weighted by molar-refractivity contribution is 1.10. The molecule has 3 nitrogen and oxygen atoms in total. The van der Waals surface area contributed by atoms with Crippen molar-refractivity contribution in [3.63, 3.8) is 0 Å². The molecule has 222 valence electrons. The predicted molar refractivity (Wildman–Crippen MR) is 200 cm³/mol. The quantitative estimate of drug-likeness (QED) is 0.185. The minimum absolute atomic E-state index is 0.926. The fourth-order valence-electron chi connectivity index (χ4n) is 6.61. The maximum Gasteiger partial charge on any atom is 0.145 e. The van der Waals surface area contributed by atoms with Crippen LogP contribution in [0.5, 0.6) is 0 Å². The summed E-state index contributed by atoms with van der Waals surface area (Å²) >= 11 is 1.87. The van der Waals surface area contributed by atoms with E-state index in [9.17, 15) is 0 Å². The van der Waals surface area contributed by atoms with Crippen molar-refractivity contribution in [2.75, 3.05) is 4.90 Å². The Bertz CT molecular complexity index is 2490. The molecule has 2 heterocycles. The summed E-state index contributed by atoms with van der Waals surface area (Å²) in [6, 6.07) is 62.4. The van der Waals surface area contributed by atoms with Gasteiger partial charge in [0.1, 0.15) is 5.82 Å². The zero-order chi connectivity index (χ0) is 31.2. The predicted octanol–water partition coefficient (Wildman–Crippen LogP) is 12.2. The number of thiophene rings is 1. The zero-order valence-electron chi connectivity index (χ0n) is 25.5. The van der Waals surface area contributed by atoms with Gasteiger partial charge in [-0.15, -0.1) is 11.3 Å². The number of hydrogen-bond acceptors (Lipinski definition) is 3. The molecule has 0 saturated carbocycles. The van der Waals surface area contributed by atoms with Crippen LogP contribution in [0.4, 0.5) is 17.1 Å². The molecule has 9 aromatic rings. The van der Waals surface area contributed by atoms with Gasteiger partial charge in [0, 0.05) is 48.5 Å². The van der Waals surface area contributed by atoms with Gasteiger partial charge in [0.25, 0.3) is 0 Å². The van der Waals surface area contributed by atoms with Gasteiger partial charge in [-0.25, -0.2) is 4.98 Å². The van der Waals surface area contributed by atoms with E-state index in [2.05, 4.69) is 173 Å². The number of aromatic nitrogens is 2. The lowest BCUT2D eigenvalue weighted by Crippen LogP contribution is -2.09. The third-order valence-corrected chi connectivity index (χ3v) is 10.0. The van der Waals surface area contributed by atoms with Crippen LogP contribution in [0.3, 0.4) is 0 Å². The van der Waals surface area contributed by atoms with Crippen molar-refractivity contribution in [2.45, 2.75) is 0 Å². The Balaban J connectivity index is 1.11. The molecule has 0 spiro atoms. The first-order valence-corrected chi connectivity index (χ1v) is 16.6. The van der Waals surface area contributed by atoms with Crippen LogP contribution in [0.15, 0.2) is 176 Å². The molecule has 2 aromatic heterocycles. The van der Waals surface area contributed by atoms with E-state index in [-0.39, 0.29) is 0 Å². The lowest BCUT2D eigenvalue weighted by atomic mass is 10.0. The molecule has 7 aromatic carbocycles. The number of fused-ring (bicyclic) bond motifs is 4. The van der Waals surface area contributed by atoms with Gasteiger partial charge < -0.3 is 4.90 Å². The second-order valence-electron chi connectivity index (χ2n) is 11.6. The molecule has 9 rings (SSSR count). The van der Waals surface area contributed by atoms with Crippen molar-refractivity contribution in [1.82, 2.24) is 9.55 Å². The largest absolute Gasteiger partial charge is 0.311 e. The maximum absolute atomic E-state index is 5.07. The molecular formula is C43H29N3S. The van der Waals surface area contributed by atoms with Gasteiger partial charge in [-0.05, 0) is 90.0 Å². The SMILES string of the molecule is c1ccc(N(c2ccc(-c3cccc4c3sc3ccccc34)cc2)c2ccc(-c3nc4ccccc4n3-c3ccccc3)cc2)cc1. The highest BCUT2D eigenvalue weighted by Crippen LogP contribution is 2.41. The van der Waals surface area contributed by atoms with E-state index in [0.29, 0.717) is 0 Å². The number of para-hydroxylation sites is 4. The molecule has 0 aliphatic heterocycles. The summed E-state index contributed by atoms with van der Waals surface area (Å²) in [5.74, 6) is 0.926. The highest BCUT2D eigenvalue weighted by atomic mass is 32.1. The van der Waals surface area contributed by atoms with Gasteiger partial charge >= 0.3 is 0 Å². The minimum atomic E-state index is 0.926. The number of imidazole rings is 1. The molecule has 0 N–H and O–H groups in total. The molecule has 0 atom stereocenters. The number of anilines is 3. The van der Waals surface area contributed by atoms with Crippen LogP contribution in [0.25, 0.3) is 59.4 Å². The van der Waals surface area contributed by atoms with E-state index in [4.69, 9.17) is 4.98 Å². The summed E-state index contributed by atoms with van der Waals surface area (Å²) in [7, 11) is 0. The van der Waals surface area contributed by atoms with Crippen molar-refractivity contribution in [1.29, 1.82) is 0 Å². The maximum atomic E-state index is 5.07. The Morgan fingerprint density at radius 1 is 0.468 bits per heavy atom. The minimum Gasteiger partial charge on any atom is -0.311 e. The summed E-state index contributed by atoms with van der Waals surface area (Å²) in [5.41, 5.74) is 10.0. The van der Waals surface area contributed by atoms with Gasteiger partial charge in [-0.1, -0.05) is 97.1 Å². The van der Waals surface area contributed by atoms with Gasteiger partial charge in [0.2, 0.25) is 0 Å². The topological polar surface area (TPSA) is 21.1 Å². The lowest BCUT2D eigenvalue weighted by Gasteiger charge is -2.26. The van der Waals surface area contributed by atoms with Crippen LogP contribution in [0.2, 0.25) is 0 Å². The van der Waals surface area contributed by atoms with E-state index in [1.165, 1.54) is 31.3 Å². The van der Waals surface area contributed by atoms with Crippen LogP contribution in [0.1, 0.15) is 0 Å². The molecular weight excluding hydrogens is 591 g/mol. The molecule has 0 saturated heterocycles. The summed E-state index contributed by atoms with van der Waals surface area (Å²) < 4.78 is 4.90. The van der Waals surface area contributed by atoms with Gasteiger partial charge in [-0.2, -0.15) is 0 Å². The van der Waals surface area contributed by atoms with Crippen LogP contribution in [-0.4, -0.2) is 9.55 Å². The monoisotopic (exact) mass is 619 g/mol. The normalized spacial score (nSPS) is 11.4. The number of hydrogen-bond donors (Lipinski definition) is 0. The van der Waals surface area contributed by atoms with Crippen molar-refractivity contribution in [3.8, 4) is 28.2 Å². The van der Waals surface area contributed by atoms with Crippen LogP contribution in [0, 0.1) is 0 Å². The summed E-state index contributed by atoms with van der Waals surface area (Å²) in [6.07, 6.45) is 0. The van der Waals surface area contributed by atoms with E-state index >= 15 is 0 Å². The Kier molecular flexibility index (Phi) is 6.65. The average Bonchev–Trinajstić information content (AvgIpc) is 3.72. The Hall–Kier alpha value is -5.97. The number of nitrogens with zero attached hydrogens (tertiary/aromatic N) is 3. The van der Waals surface area contributed by atoms with Gasteiger partial charge in [-0.3, -0.25) is 4.57 Å². The third-order valence-electron chi connectivity index (χ3n) is 8.81. The summed E-state index contributed by atoms with van der Waals surface area (Å²) in [4.78, 5) is 7.39. The van der Waals surface area contributed by atoms with E-state index in [1.54, 1.807) is 0 Å². The summed E-state index contributed by atoms with van der Waals surface area (Å²) in [5, 5.41) is 2.64. The van der Waals surface area contributed by atoms with Crippen LogP contribution >= 0.6 is 11.3 Å². The van der Waals surface area contributed by atoms with Crippen molar-refractivity contribution >= 4 is 59.6 Å². The molecule has 0 radical (unpaired) electrons. The fourth-order valence-corrected chi connectivity index (χ4v) is 7.84. The highest BCUT2D eigenvalue weighted by molar-refractivity contribution is 7.26. The first-order valence-electron chi connectivity index (χ1n) is 15.8. The van der Waals surface area contributed by atoms with Gasteiger partial charge in [0.05, 0.1) is 11.0 Å². The average molecular weight is 620 g/mol. The standard InChI is InChI=1S/C43H29N3S/c1-3-12-32(13-4-1)45(34-26-22-30(23-27-34)36-17-11-18-38-37-16-7-10-21-41(37)47-42(36)38)35-28-24-31(25-29-35)43-44-39-19-8-9-20-40(39)46(43)33-14-5-2-6-15-33/h1-29H. The van der Waals surface area contributed by atoms with Crippen molar-refractivity contribution < 1.29 is 0 Å². The van der Waals surface area contributed by atoms with E-state index < -0.39 is 0 Å². The number of rotatable bonds is 6. The first-order chi connectivity index (χ1) is 23.3. The van der Waals surface area contributed by atoms with E-state index in [0.717, 1.165) is 45.2 Å². The Morgan fingerprint density at radius 2 is 1.06 bits per heavy atom. The molecule has 0 amide bonds. The second kappa shape index (κ2) is 11.4. The smallest absolute Gasteiger partial charge is 0.145 e. The van der Waals surface area contributed by atoms with Crippen LogP contribution in [-0.2, 0) is 0 Å². The van der Waals surface area contributed by atoms with Crippen molar-refractivity contribution in [3.05, 3.63) is 176 Å². The molecule has 0 unspecified atom stereocenters. The van der Waals surface area contributed by atoms with Gasteiger partial charge in [0.15, 0.2) is 0 Å².